The van der Waals surface area contributed by atoms with Gasteiger partial charge in [-0.3, -0.25) is 0 Å². The molecule has 0 radical (unpaired) electrons. The van der Waals surface area contributed by atoms with Crippen LogP contribution in [-0.4, -0.2) is 6.29 Å². The van der Waals surface area contributed by atoms with Crippen LogP contribution in [0.1, 0.15) is 44.6 Å². The monoisotopic (exact) mass is 218 g/mol. The van der Waals surface area contributed by atoms with E-state index in [-0.39, 0.29) is 0 Å². The number of aryl methyl sites for hydroxylation is 1. The van der Waals surface area contributed by atoms with Crippen molar-refractivity contribution in [3.05, 3.63) is 35.9 Å². The second-order valence-electron chi connectivity index (χ2n) is 4.43. The summed E-state index contributed by atoms with van der Waals surface area (Å²) in [6, 6.07) is 10.5. The lowest BCUT2D eigenvalue weighted by Crippen LogP contribution is -2.03. The Labute approximate surface area is 98.9 Å². The summed E-state index contributed by atoms with van der Waals surface area (Å²) in [5.41, 5.74) is 1.38. The standard InChI is InChI=1S/C15H22O/c1-2-3-7-15(12-13-16)11-10-14-8-5-4-6-9-14/h4-6,8-9,13,15H,2-3,7,10-12H2,1H3. The molecule has 1 unspecified atom stereocenters. The topological polar surface area (TPSA) is 17.1 Å². The van der Waals surface area contributed by atoms with E-state index in [0.717, 1.165) is 25.5 Å². The number of carbonyl (C=O) groups excluding carboxylic acids is 1. The highest BCUT2D eigenvalue weighted by molar-refractivity contribution is 5.49. The second-order valence-corrected chi connectivity index (χ2v) is 4.43. The molecule has 1 aromatic carbocycles. The first kappa shape index (κ1) is 13.0. The van der Waals surface area contributed by atoms with Crippen LogP contribution in [0.2, 0.25) is 0 Å². The molecule has 1 rings (SSSR count). The van der Waals surface area contributed by atoms with Crippen LogP contribution >= 0.6 is 0 Å². The van der Waals surface area contributed by atoms with Crippen LogP contribution in [0.4, 0.5) is 0 Å². The summed E-state index contributed by atoms with van der Waals surface area (Å²) in [4.78, 5) is 10.6. The first-order valence-electron chi connectivity index (χ1n) is 6.34. The zero-order chi connectivity index (χ0) is 11.6. The molecule has 0 fully saturated rings. The van der Waals surface area contributed by atoms with Crippen molar-refractivity contribution in [2.24, 2.45) is 5.92 Å². The number of hydrogen-bond donors (Lipinski definition) is 0. The predicted octanol–water partition coefficient (Wildman–Crippen LogP) is 4.01. The highest BCUT2D eigenvalue weighted by Crippen LogP contribution is 2.18. The molecule has 0 heterocycles. The molecule has 0 spiro atoms. The van der Waals surface area contributed by atoms with Crippen molar-refractivity contribution in [2.45, 2.75) is 45.4 Å². The Hall–Kier alpha value is -1.11. The minimum Gasteiger partial charge on any atom is -0.303 e. The van der Waals surface area contributed by atoms with Gasteiger partial charge >= 0.3 is 0 Å². The zero-order valence-electron chi connectivity index (χ0n) is 10.2. The Bertz CT molecular complexity index is 279. The van der Waals surface area contributed by atoms with Crippen molar-refractivity contribution >= 4 is 6.29 Å². The molecular formula is C15H22O. The van der Waals surface area contributed by atoms with Crippen molar-refractivity contribution in [2.75, 3.05) is 0 Å². The fraction of sp³-hybridized carbons (Fsp3) is 0.533. The maximum absolute atomic E-state index is 10.6. The largest absolute Gasteiger partial charge is 0.303 e. The number of benzene rings is 1. The molecular weight excluding hydrogens is 196 g/mol. The van der Waals surface area contributed by atoms with Gasteiger partial charge < -0.3 is 4.79 Å². The molecule has 0 aliphatic heterocycles. The van der Waals surface area contributed by atoms with Crippen molar-refractivity contribution in [3.63, 3.8) is 0 Å². The molecule has 0 aliphatic carbocycles. The highest BCUT2D eigenvalue weighted by atomic mass is 16.1. The van der Waals surface area contributed by atoms with Crippen LogP contribution in [0, 0.1) is 5.92 Å². The SMILES string of the molecule is CCCCC(CC=O)CCc1ccccc1. The lowest BCUT2D eigenvalue weighted by Gasteiger charge is -2.13. The summed E-state index contributed by atoms with van der Waals surface area (Å²) in [5.74, 6) is 0.581. The smallest absolute Gasteiger partial charge is 0.120 e. The van der Waals surface area contributed by atoms with E-state index in [1.807, 2.05) is 6.07 Å². The number of carbonyl (C=O) groups is 1. The quantitative estimate of drug-likeness (QED) is 0.602. The van der Waals surface area contributed by atoms with Crippen LogP contribution in [0.3, 0.4) is 0 Å². The van der Waals surface area contributed by atoms with Crippen LogP contribution in [0.5, 0.6) is 0 Å². The van der Waals surface area contributed by atoms with Crippen LogP contribution < -0.4 is 0 Å². The first-order chi connectivity index (χ1) is 7.86. The number of aldehydes is 1. The molecule has 88 valence electrons. The summed E-state index contributed by atoms with van der Waals surface area (Å²) in [6.07, 6.45) is 7.71. The van der Waals surface area contributed by atoms with E-state index in [4.69, 9.17) is 0 Å². The third kappa shape index (κ3) is 5.11. The van der Waals surface area contributed by atoms with Crippen LogP contribution in [0.25, 0.3) is 0 Å². The number of unbranched alkanes of at least 4 members (excludes halogenated alkanes) is 1. The van der Waals surface area contributed by atoms with Gasteiger partial charge in [0, 0.05) is 6.42 Å². The minimum absolute atomic E-state index is 0.581. The zero-order valence-corrected chi connectivity index (χ0v) is 10.2. The molecule has 1 atom stereocenters. The van der Waals surface area contributed by atoms with E-state index in [1.54, 1.807) is 0 Å². The Kier molecular flexibility index (Phi) is 6.55. The summed E-state index contributed by atoms with van der Waals surface area (Å²) in [6.45, 7) is 2.20. The van der Waals surface area contributed by atoms with Gasteiger partial charge in [0.25, 0.3) is 0 Å². The van der Waals surface area contributed by atoms with Crippen molar-refractivity contribution in [1.82, 2.24) is 0 Å². The lowest BCUT2D eigenvalue weighted by atomic mass is 9.92. The second kappa shape index (κ2) is 8.09. The first-order valence-corrected chi connectivity index (χ1v) is 6.34. The van der Waals surface area contributed by atoms with Gasteiger partial charge in [0.15, 0.2) is 0 Å². The van der Waals surface area contributed by atoms with Gasteiger partial charge in [0.2, 0.25) is 0 Å². The molecule has 0 bridgehead atoms. The minimum atomic E-state index is 0.581. The molecule has 16 heavy (non-hydrogen) atoms. The molecule has 0 saturated carbocycles. The molecule has 0 aliphatic rings. The molecule has 1 nitrogen and oxygen atoms in total. The number of rotatable bonds is 8. The highest BCUT2D eigenvalue weighted by Gasteiger charge is 2.07. The molecule has 1 heteroatoms. The summed E-state index contributed by atoms with van der Waals surface area (Å²) in [5, 5.41) is 0. The van der Waals surface area contributed by atoms with E-state index in [0.29, 0.717) is 5.92 Å². The Morgan fingerprint density at radius 2 is 1.94 bits per heavy atom. The van der Waals surface area contributed by atoms with Gasteiger partial charge in [-0.25, -0.2) is 0 Å². The summed E-state index contributed by atoms with van der Waals surface area (Å²) < 4.78 is 0. The average molecular weight is 218 g/mol. The summed E-state index contributed by atoms with van der Waals surface area (Å²) in [7, 11) is 0. The maximum atomic E-state index is 10.6. The fourth-order valence-corrected chi connectivity index (χ4v) is 2.02. The van der Waals surface area contributed by atoms with Gasteiger partial charge in [-0.1, -0.05) is 56.5 Å². The third-order valence-electron chi connectivity index (χ3n) is 3.08. The van der Waals surface area contributed by atoms with Gasteiger partial charge in [-0.15, -0.1) is 0 Å². The Morgan fingerprint density at radius 1 is 1.19 bits per heavy atom. The molecule has 0 amide bonds. The lowest BCUT2D eigenvalue weighted by molar-refractivity contribution is -0.108. The van der Waals surface area contributed by atoms with Crippen LogP contribution in [-0.2, 0) is 11.2 Å². The molecule has 0 N–H and O–H groups in total. The third-order valence-corrected chi connectivity index (χ3v) is 3.08. The molecule has 0 saturated heterocycles. The van der Waals surface area contributed by atoms with Crippen molar-refractivity contribution in [3.8, 4) is 0 Å². The van der Waals surface area contributed by atoms with Gasteiger partial charge in [-0.2, -0.15) is 0 Å². The number of hydrogen-bond acceptors (Lipinski definition) is 1. The van der Waals surface area contributed by atoms with Gasteiger partial charge in [0.1, 0.15) is 6.29 Å². The van der Waals surface area contributed by atoms with E-state index >= 15 is 0 Å². The van der Waals surface area contributed by atoms with Gasteiger partial charge in [-0.05, 0) is 24.3 Å². The normalized spacial score (nSPS) is 12.3. The maximum Gasteiger partial charge on any atom is 0.120 e. The summed E-state index contributed by atoms with van der Waals surface area (Å²) >= 11 is 0. The van der Waals surface area contributed by atoms with E-state index in [2.05, 4.69) is 31.2 Å². The van der Waals surface area contributed by atoms with Gasteiger partial charge in [0.05, 0.1) is 0 Å². The fourth-order valence-electron chi connectivity index (χ4n) is 2.02. The van der Waals surface area contributed by atoms with Crippen molar-refractivity contribution < 1.29 is 4.79 Å². The van der Waals surface area contributed by atoms with E-state index < -0.39 is 0 Å². The molecule has 0 aromatic heterocycles. The Morgan fingerprint density at radius 3 is 2.56 bits per heavy atom. The van der Waals surface area contributed by atoms with Crippen molar-refractivity contribution in [1.29, 1.82) is 0 Å². The van der Waals surface area contributed by atoms with Crippen LogP contribution in [0.15, 0.2) is 30.3 Å². The Balaban J connectivity index is 2.34. The van der Waals surface area contributed by atoms with E-state index in [9.17, 15) is 4.79 Å². The average Bonchev–Trinajstić information content (AvgIpc) is 2.34. The molecule has 1 aromatic rings. The van der Waals surface area contributed by atoms with E-state index in [1.165, 1.54) is 24.8 Å². The predicted molar refractivity (Wildman–Crippen MR) is 68.5 cm³/mol.